The maximum Gasteiger partial charge on any atom is 0.255 e. The van der Waals surface area contributed by atoms with Crippen LogP contribution in [0.1, 0.15) is 18.9 Å². The van der Waals surface area contributed by atoms with Crippen molar-refractivity contribution in [3.05, 3.63) is 50.6 Å². The Kier molecular flexibility index (Phi) is 5.17. The fourth-order valence-electron chi connectivity index (χ4n) is 2.71. The van der Waals surface area contributed by atoms with Crippen molar-refractivity contribution in [2.24, 2.45) is 7.05 Å². The number of nitrogens with zero attached hydrogens (tertiary/aromatic N) is 5. The van der Waals surface area contributed by atoms with Crippen molar-refractivity contribution in [2.45, 2.75) is 26.8 Å². The van der Waals surface area contributed by atoms with E-state index in [1.54, 1.807) is 37.0 Å². The average Bonchev–Trinajstić information content (AvgIpc) is 3.05. The first-order valence-corrected chi connectivity index (χ1v) is 8.90. The van der Waals surface area contributed by atoms with Gasteiger partial charge in [0.05, 0.1) is 16.9 Å². The number of rotatable bonds is 5. The van der Waals surface area contributed by atoms with E-state index in [0.29, 0.717) is 33.7 Å². The van der Waals surface area contributed by atoms with Crippen molar-refractivity contribution in [1.29, 1.82) is 0 Å². The Morgan fingerprint density at radius 1 is 1.35 bits per heavy atom. The number of pyridine rings is 1. The molecule has 3 aromatic rings. The minimum Gasteiger partial charge on any atom is -0.352 e. The molecule has 0 saturated carbocycles. The predicted molar refractivity (Wildman–Crippen MR) is 101 cm³/mol. The van der Waals surface area contributed by atoms with E-state index < -0.39 is 5.82 Å². The minimum atomic E-state index is -0.432. The zero-order valence-corrected chi connectivity index (χ0v) is 16.2. The number of anilines is 2. The van der Waals surface area contributed by atoms with Crippen LogP contribution in [-0.4, -0.2) is 24.8 Å². The van der Waals surface area contributed by atoms with Gasteiger partial charge < -0.3 is 9.88 Å². The predicted octanol–water partition coefficient (Wildman–Crippen LogP) is 3.40. The second-order valence-corrected chi connectivity index (χ2v) is 6.85. The highest BCUT2D eigenvalue weighted by atomic mass is 79.9. The van der Waals surface area contributed by atoms with Crippen LogP contribution in [0.5, 0.6) is 0 Å². The molecule has 0 aliphatic carbocycles. The number of nitrogens with one attached hydrogen (secondary N) is 1. The summed E-state index contributed by atoms with van der Waals surface area (Å²) in [5.41, 5.74) is 1.66. The molecule has 7 nitrogen and oxygen atoms in total. The molecular formula is C17H18BrFN6O. The SMILES string of the molecule is CCCn1nnnc1-c1cn(C)c(=O)c(C)c1Nc1ccc(Br)cc1F. The number of hydrogen-bond donors (Lipinski definition) is 1. The number of benzene rings is 1. The van der Waals surface area contributed by atoms with Crippen LogP contribution in [0.4, 0.5) is 15.8 Å². The third kappa shape index (κ3) is 3.39. The van der Waals surface area contributed by atoms with Crippen molar-refractivity contribution in [1.82, 2.24) is 24.8 Å². The van der Waals surface area contributed by atoms with E-state index in [-0.39, 0.29) is 11.2 Å². The molecule has 0 radical (unpaired) electrons. The van der Waals surface area contributed by atoms with Gasteiger partial charge in [-0.15, -0.1) is 5.10 Å². The first-order valence-electron chi connectivity index (χ1n) is 8.11. The maximum atomic E-state index is 14.3. The molecule has 136 valence electrons. The lowest BCUT2D eigenvalue weighted by Gasteiger charge is -2.16. The number of aromatic nitrogens is 5. The second-order valence-electron chi connectivity index (χ2n) is 5.93. The molecule has 2 heterocycles. The van der Waals surface area contributed by atoms with Gasteiger partial charge in [0, 0.05) is 29.8 Å². The van der Waals surface area contributed by atoms with Gasteiger partial charge in [-0.1, -0.05) is 22.9 Å². The van der Waals surface area contributed by atoms with E-state index in [9.17, 15) is 9.18 Å². The van der Waals surface area contributed by atoms with Gasteiger partial charge in [-0.25, -0.2) is 9.07 Å². The molecule has 0 fully saturated rings. The first-order chi connectivity index (χ1) is 12.4. The Morgan fingerprint density at radius 3 is 2.81 bits per heavy atom. The van der Waals surface area contributed by atoms with Crippen LogP contribution in [-0.2, 0) is 13.6 Å². The summed E-state index contributed by atoms with van der Waals surface area (Å²) >= 11 is 3.24. The number of aryl methyl sites for hydroxylation is 2. The van der Waals surface area contributed by atoms with E-state index in [2.05, 4.69) is 36.8 Å². The van der Waals surface area contributed by atoms with Crippen LogP contribution in [0.2, 0.25) is 0 Å². The average molecular weight is 421 g/mol. The third-order valence-electron chi connectivity index (χ3n) is 4.01. The zero-order chi connectivity index (χ0) is 18.8. The molecule has 9 heteroatoms. The lowest BCUT2D eigenvalue weighted by atomic mass is 10.1. The highest BCUT2D eigenvalue weighted by Crippen LogP contribution is 2.31. The van der Waals surface area contributed by atoms with Gasteiger partial charge in [0.25, 0.3) is 5.56 Å². The van der Waals surface area contributed by atoms with E-state index in [1.807, 2.05) is 6.92 Å². The van der Waals surface area contributed by atoms with Crippen molar-refractivity contribution in [3.8, 4) is 11.4 Å². The Hall–Kier alpha value is -2.55. The van der Waals surface area contributed by atoms with Crippen molar-refractivity contribution < 1.29 is 4.39 Å². The molecule has 0 spiro atoms. The number of halogens is 2. The molecule has 0 atom stereocenters. The zero-order valence-electron chi connectivity index (χ0n) is 14.6. The highest BCUT2D eigenvalue weighted by molar-refractivity contribution is 9.10. The van der Waals surface area contributed by atoms with Gasteiger partial charge in [0.1, 0.15) is 5.82 Å². The van der Waals surface area contributed by atoms with Crippen molar-refractivity contribution >= 4 is 27.3 Å². The van der Waals surface area contributed by atoms with Crippen LogP contribution in [0.15, 0.2) is 33.7 Å². The number of tetrazole rings is 1. The highest BCUT2D eigenvalue weighted by Gasteiger charge is 2.19. The first kappa shape index (κ1) is 18.2. The fraction of sp³-hybridized carbons (Fsp3) is 0.294. The summed E-state index contributed by atoms with van der Waals surface area (Å²) in [5, 5.41) is 14.9. The Bertz CT molecular complexity index is 1010. The summed E-state index contributed by atoms with van der Waals surface area (Å²) in [7, 11) is 1.66. The van der Waals surface area contributed by atoms with Gasteiger partial charge in [-0.05, 0) is 42.0 Å². The number of hydrogen-bond acceptors (Lipinski definition) is 5. The largest absolute Gasteiger partial charge is 0.352 e. The van der Waals surface area contributed by atoms with E-state index in [0.717, 1.165) is 6.42 Å². The molecule has 0 amide bonds. The van der Waals surface area contributed by atoms with Crippen LogP contribution < -0.4 is 10.9 Å². The monoisotopic (exact) mass is 420 g/mol. The summed E-state index contributed by atoms with van der Waals surface area (Å²) in [6.07, 6.45) is 2.51. The molecule has 0 saturated heterocycles. The summed E-state index contributed by atoms with van der Waals surface area (Å²) in [5.74, 6) is 0.0871. The summed E-state index contributed by atoms with van der Waals surface area (Å²) in [6, 6.07) is 4.69. The molecule has 1 N–H and O–H groups in total. The molecule has 0 aliphatic rings. The molecular weight excluding hydrogens is 403 g/mol. The standard InChI is InChI=1S/C17H18BrFN6O/c1-4-7-25-16(21-22-23-25)12-9-24(3)17(26)10(2)15(12)20-14-6-5-11(18)8-13(14)19/h5-6,8-9,20H,4,7H2,1-3H3. The molecule has 0 bridgehead atoms. The van der Waals surface area contributed by atoms with Crippen LogP contribution in [0.3, 0.4) is 0 Å². The van der Waals surface area contributed by atoms with Gasteiger partial charge in [0.2, 0.25) is 0 Å². The van der Waals surface area contributed by atoms with Gasteiger partial charge in [-0.2, -0.15) is 0 Å². The Morgan fingerprint density at radius 2 is 2.12 bits per heavy atom. The lowest BCUT2D eigenvalue weighted by Crippen LogP contribution is -2.21. The molecule has 26 heavy (non-hydrogen) atoms. The van der Waals surface area contributed by atoms with Crippen LogP contribution in [0.25, 0.3) is 11.4 Å². The maximum absolute atomic E-state index is 14.3. The molecule has 0 aliphatic heterocycles. The Balaban J connectivity index is 2.18. The molecule has 0 unspecified atom stereocenters. The summed E-state index contributed by atoms with van der Waals surface area (Å²) in [4.78, 5) is 12.4. The normalized spacial score (nSPS) is 11.0. The summed E-state index contributed by atoms with van der Waals surface area (Å²) < 4.78 is 18.1. The Labute approximate surface area is 158 Å². The van der Waals surface area contributed by atoms with Gasteiger partial charge in [0.15, 0.2) is 5.82 Å². The second kappa shape index (κ2) is 7.36. The molecule has 2 aromatic heterocycles. The molecule has 1 aromatic carbocycles. The quantitative estimate of drug-likeness (QED) is 0.684. The fourth-order valence-corrected chi connectivity index (χ4v) is 3.04. The van der Waals surface area contributed by atoms with Crippen molar-refractivity contribution in [2.75, 3.05) is 5.32 Å². The van der Waals surface area contributed by atoms with Gasteiger partial charge in [-0.3, -0.25) is 4.79 Å². The van der Waals surface area contributed by atoms with E-state index >= 15 is 0 Å². The minimum absolute atomic E-state index is 0.178. The summed E-state index contributed by atoms with van der Waals surface area (Å²) in [6.45, 7) is 4.35. The van der Waals surface area contributed by atoms with E-state index in [4.69, 9.17) is 0 Å². The van der Waals surface area contributed by atoms with Crippen LogP contribution in [0, 0.1) is 12.7 Å². The van der Waals surface area contributed by atoms with E-state index in [1.165, 1.54) is 10.6 Å². The lowest BCUT2D eigenvalue weighted by molar-refractivity contribution is 0.583. The smallest absolute Gasteiger partial charge is 0.255 e. The van der Waals surface area contributed by atoms with Crippen molar-refractivity contribution in [3.63, 3.8) is 0 Å². The molecule has 3 rings (SSSR count). The topological polar surface area (TPSA) is 77.6 Å². The van der Waals surface area contributed by atoms with Gasteiger partial charge >= 0.3 is 0 Å². The van der Waals surface area contributed by atoms with Crippen LogP contribution >= 0.6 is 15.9 Å². The third-order valence-corrected chi connectivity index (χ3v) is 4.50.